The van der Waals surface area contributed by atoms with E-state index in [0.717, 1.165) is 4.90 Å². The molecule has 0 aromatic heterocycles. The minimum Gasteiger partial charge on any atom is -0.478 e. The molecule has 0 aliphatic carbocycles. The van der Waals surface area contributed by atoms with E-state index >= 15 is 0 Å². The number of carboxylic acids is 1. The van der Waals surface area contributed by atoms with E-state index in [1.165, 1.54) is 23.9 Å². The Kier molecular flexibility index (Phi) is 5.65. The van der Waals surface area contributed by atoms with Crippen LogP contribution < -0.4 is 11.1 Å². The Balaban J connectivity index is 2.01. The Hall–Kier alpha value is -2.47. The van der Waals surface area contributed by atoms with Crippen molar-refractivity contribution < 1.29 is 14.7 Å². The maximum atomic E-state index is 12.4. The van der Waals surface area contributed by atoms with E-state index in [9.17, 15) is 9.59 Å². The lowest BCUT2D eigenvalue weighted by Crippen LogP contribution is -2.24. The molecule has 4 N–H and O–H groups in total. The van der Waals surface area contributed by atoms with E-state index in [4.69, 9.17) is 10.8 Å². The zero-order valence-corrected chi connectivity index (χ0v) is 13.5. The average molecular weight is 330 g/mol. The van der Waals surface area contributed by atoms with Crippen molar-refractivity contribution in [2.45, 2.75) is 23.5 Å². The molecule has 6 heteroatoms. The monoisotopic (exact) mass is 330 g/mol. The first kappa shape index (κ1) is 16.9. The number of nitrogens with two attached hydrogens (primary N) is 1. The molecule has 0 aliphatic rings. The summed E-state index contributed by atoms with van der Waals surface area (Å²) in [6.07, 6.45) is 0.675. The molecule has 1 atom stereocenters. The van der Waals surface area contributed by atoms with Crippen molar-refractivity contribution in [3.63, 3.8) is 0 Å². The number of carboxylic acid groups (broad SMARTS) is 1. The molecule has 1 unspecified atom stereocenters. The third-order valence-electron chi connectivity index (χ3n) is 3.22. The van der Waals surface area contributed by atoms with Gasteiger partial charge in [-0.3, -0.25) is 4.79 Å². The first-order valence-corrected chi connectivity index (χ1v) is 8.04. The van der Waals surface area contributed by atoms with Gasteiger partial charge in [0, 0.05) is 16.3 Å². The minimum absolute atomic E-state index is 0.114. The molecule has 0 aliphatic heterocycles. The van der Waals surface area contributed by atoms with Crippen LogP contribution in [0.3, 0.4) is 0 Å². The Morgan fingerprint density at radius 3 is 2.26 bits per heavy atom. The standard InChI is InChI=1S/C17H18N2O3S/c1-2-15(23-14-9-5-12(18)6-10-14)16(20)19-13-7-3-11(4-8-13)17(21)22/h3-10,15H,2,18H2,1H3,(H,19,20)(H,21,22). The van der Waals surface area contributed by atoms with E-state index in [2.05, 4.69) is 5.32 Å². The van der Waals surface area contributed by atoms with E-state index in [1.807, 2.05) is 19.1 Å². The Morgan fingerprint density at radius 2 is 1.74 bits per heavy atom. The second-order valence-electron chi connectivity index (χ2n) is 4.96. The number of nitrogens with one attached hydrogen (secondary N) is 1. The third kappa shape index (κ3) is 4.75. The van der Waals surface area contributed by atoms with Gasteiger partial charge in [0.05, 0.1) is 10.8 Å². The lowest BCUT2D eigenvalue weighted by Gasteiger charge is -2.15. The van der Waals surface area contributed by atoms with Gasteiger partial charge in [-0.15, -0.1) is 11.8 Å². The second kappa shape index (κ2) is 7.69. The SMILES string of the molecule is CCC(Sc1ccc(N)cc1)C(=O)Nc1ccc(C(=O)O)cc1. The topological polar surface area (TPSA) is 92.4 Å². The first-order chi connectivity index (χ1) is 11.0. The predicted octanol–water partition coefficient (Wildman–Crippen LogP) is 3.48. The molecular formula is C17H18N2O3S. The zero-order chi connectivity index (χ0) is 16.8. The van der Waals surface area contributed by atoms with Crippen LogP contribution in [0.1, 0.15) is 23.7 Å². The van der Waals surface area contributed by atoms with Gasteiger partial charge in [-0.05, 0) is 55.0 Å². The van der Waals surface area contributed by atoms with Crippen molar-refractivity contribution in [2.75, 3.05) is 11.1 Å². The summed E-state index contributed by atoms with van der Waals surface area (Å²) in [5.74, 6) is -1.11. The average Bonchev–Trinajstić information content (AvgIpc) is 2.54. The number of hydrogen-bond acceptors (Lipinski definition) is 4. The number of rotatable bonds is 6. The molecule has 0 heterocycles. The highest BCUT2D eigenvalue weighted by atomic mass is 32.2. The van der Waals surface area contributed by atoms with Gasteiger partial charge >= 0.3 is 5.97 Å². The normalized spacial score (nSPS) is 11.7. The lowest BCUT2D eigenvalue weighted by atomic mass is 10.2. The van der Waals surface area contributed by atoms with Crippen molar-refractivity contribution >= 4 is 35.0 Å². The molecule has 0 bridgehead atoms. The van der Waals surface area contributed by atoms with E-state index in [0.29, 0.717) is 17.8 Å². The Bertz CT molecular complexity index is 684. The van der Waals surface area contributed by atoms with Crippen molar-refractivity contribution in [3.8, 4) is 0 Å². The number of carbonyl (C=O) groups is 2. The van der Waals surface area contributed by atoms with Crippen LogP contribution in [-0.4, -0.2) is 22.2 Å². The summed E-state index contributed by atoms with van der Waals surface area (Å²) in [7, 11) is 0. The smallest absolute Gasteiger partial charge is 0.335 e. The van der Waals surface area contributed by atoms with Gasteiger partial charge < -0.3 is 16.2 Å². The van der Waals surface area contributed by atoms with Crippen LogP contribution in [0.2, 0.25) is 0 Å². The molecule has 1 amide bonds. The number of anilines is 2. The Labute approximate surface area is 138 Å². The summed E-state index contributed by atoms with van der Waals surface area (Å²) in [5, 5.41) is 11.4. The molecule has 0 radical (unpaired) electrons. The fraction of sp³-hybridized carbons (Fsp3) is 0.176. The van der Waals surface area contributed by atoms with Gasteiger partial charge in [0.1, 0.15) is 0 Å². The largest absolute Gasteiger partial charge is 0.478 e. The van der Waals surface area contributed by atoms with E-state index in [-0.39, 0.29) is 16.7 Å². The Morgan fingerprint density at radius 1 is 1.13 bits per heavy atom. The minimum atomic E-state index is -0.992. The summed E-state index contributed by atoms with van der Waals surface area (Å²) in [6, 6.07) is 13.5. The van der Waals surface area contributed by atoms with Gasteiger partial charge in [0.15, 0.2) is 0 Å². The maximum Gasteiger partial charge on any atom is 0.335 e. The number of carbonyl (C=O) groups excluding carboxylic acids is 1. The van der Waals surface area contributed by atoms with Crippen LogP contribution in [0.25, 0.3) is 0 Å². The van der Waals surface area contributed by atoms with E-state index < -0.39 is 5.97 Å². The fourth-order valence-corrected chi connectivity index (χ4v) is 2.91. The molecule has 5 nitrogen and oxygen atoms in total. The van der Waals surface area contributed by atoms with Gasteiger partial charge in [-0.2, -0.15) is 0 Å². The highest BCUT2D eigenvalue weighted by Gasteiger charge is 2.18. The van der Waals surface area contributed by atoms with Crippen LogP contribution in [0.15, 0.2) is 53.4 Å². The molecule has 0 saturated heterocycles. The molecule has 0 fully saturated rings. The number of thioether (sulfide) groups is 1. The van der Waals surface area contributed by atoms with Crippen LogP contribution >= 0.6 is 11.8 Å². The summed E-state index contributed by atoms with van der Waals surface area (Å²) in [4.78, 5) is 24.2. The van der Waals surface area contributed by atoms with Crippen LogP contribution in [-0.2, 0) is 4.79 Å². The zero-order valence-electron chi connectivity index (χ0n) is 12.7. The maximum absolute atomic E-state index is 12.4. The third-order valence-corrected chi connectivity index (χ3v) is 4.60. The van der Waals surface area contributed by atoms with Crippen molar-refractivity contribution in [1.82, 2.24) is 0 Å². The summed E-state index contributed by atoms with van der Waals surface area (Å²) in [5.41, 5.74) is 7.11. The molecule has 120 valence electrons. The summed E-state index contributed by atoms with van der Waals surface area (Å²) >= 11 is 1.47. The molecule has 2 rings (SSSR count). The summed E-state index contributed by atoms with van der Waals surface area (Å²) < 4.78 is 0. The molecule has 2 aromatic carbocycles. The van der Waals surface area contributed by atoms with Crippen LogP contribution in [0.4, 0.5) is 11.4 Å². The highest BCUT2D eigenvalue weighted by molar-refractivity contribution is 8.00. The highest BCUT2D eigenvalue weighted by Crippen LogP contribution is 2.27. The van der Waals surface area contributed by atoms with Crippen molar-refractivity contribution in [3.05, 3.63) is 54.1 Å². The van der Waals surface area contributed by atoms with Gasteiger partial charge in [0.2, 0.25) is 5.91 Å². The molecule has 2 aromatic rings. The molecule has 0 spiro atoms. The van der Waals surface area contributed by atoms with Crippen LogP contribution in [0.5, 0.6) is 0 Å². The number of amides is 1. The van der Waals surface area contributed by atoms with Gasteiger partial charge in [-0.25, -0.2) is 4.79 Å². The summed E-state index contributed by atoms with van der Waals surface area (Å²) in [6.45, 7) is 1.95. The fourth-order valence-electron chi connectivity index (χ4n) is 1.95. The lowest BCUT2D eigenvalue weighted by molar-refractivity contribution is -0.115. The number of nitrogen functional groups attached to an aromatic ring is 1. The number of hydrogen-bond donors (Lipinski definition) is 3. The predicted molar refractivity (Wildman–Crippen MR) is 92.8 cm³/mol. The van der Waals surface area contributed by atoms with Gasteiger partial charge in [-0.1, -0.05) is 6.92 Å². The first-order valence-electron chi connectivity index (χ1n) is 7.16. The van der Waals surface area contributed by atoms with Crippen molar-refractivity contribution in [1.29, 1.82) is 0 Å². The second-order valence-corrected chi connectivity index (χ2v) is 6.23. The van der Waals surface area contributed by atoms with E-state index in [1.54, 1.807) is 24.3 Å². The quantitative estimate of drug-likeness (QED) is 0.557. The number of benzene rings is 2. The molecule has 0 saturated carbocycles. The molecule has 23 heavy (non-hydrogen) atoms. The molecular weight excluding hydrogens is 312 g/mol. The van der Waals surface area contributed by atoms with Gasteiger partial charge in [0.25, 0.3) is 0 Å². The van der Waals surface area contributed by atoms with Crippen LogP contribution in [0, 0.1) is 0 Å². The number of aromatic carboxylic acids is 1. The van der Waals surface area contributed by atoms with Crippen molar-refractivity contribution in [2.24, 2.45) is 0 Å².